The second kappa shape index (κ2) is 15.8. The largest absolute Gasteiger partial charge is 0.497 e. The molecule has 0 amide bonds. The summed E-state index contributed by atoms with van der Waals surface area (Å²) in [6.07, 6.45) is 13.0. The van der Waals surface area contributed by atoms with Gasteiger partial charge < -0.3 is 33.9 Å². The van der Waals surface area contributed by atoms with Gasteiger partial charge in [-0.2, -0.15) is 0 Å². The molecule has 1 spiro atoms. The zero-order valence-electron chi connectivity index (χ0n) is 29.5. The summed E-state index contributed by atoms with van der Waals surface area (Å²) in [6.45, 7) is 7.72. The summed E-state index contributed by atoms with van der Waals surface area (Å²) < 4.78 is 29.2. The molecule has 1 fully saturated rings. The highest BCUT2D eigenvalue weighted by Gasteiger charge is 2.59. The van der Waals surface area contributed by atoms with Crippen molar-refractivity contribution in [2.45, 2.75) is 146 Å². The Hall–Kier alpha value is -2.82. The molecule has 0 saturated carbocycles. The maximum absolute atomic E-state index is 14.2. The molecule has 1 aliphatic carbocycles. The fraction of sp³-hybridized carbons (Fsp3) is 0.737. The van der Waals surface area contributed by atoms with Gasteiger partial charge in [0.05, 0.1) is 37.2 Å². The summed E-state index contributed by atoms with van der Waals surface area (Å²) >= 11 is 0. The predicted molar refractivity (Wildman–Crippen MR) is 181 cm³/mol. The van der Waals surface area contributed by atoms with Crippen LogP contribution in [0.2, 0.25) is 0 Å². The number of nitrogens with zero attached hydrogens (tertiary/aromatic N) is 1. The Morgan fingerprint density at radius 1 is 0.979 bits per heavy atom. The van der Waals surface area contributed by atoms with Crippen molar-refractivity contribution in [3.63, 3.8) is 0 Å². The number of aliphatic hydroxyl groups is 2. The fourth-order valence-electron chi connectivity index (χ4n) is 8.11. The minimum absolute atomic E-state index is 0.0569. The van der Waals surface area contributed by atoms with Crippen molar-refractivity contribution in [2.24, 2.45) is 0 Å². The Morgan fingerprint density at radius 3 is 2.40 bits per heavy atom. The SMILES string of the molecule is CCCCCCCCCCOC(=O)C[C@](O)(CCCC(C)(C)O)C(=O)OC1C(OC)=CC23CCCN2CCc2cc4c(cc2[C@H]13)OCO4. The van der Waals surface area contributed by atoms with Crippen LogP contribution in [0, 0.1) is 0 Å². The van der Waals surface area contributed by atoms with E-state index in [0.717, 1.165) is 62.7 Å². The monoisotopic (exact) mass is 671 g/mol. The molecule has 3 aliphatic heterocycles. The average Bonchev–Trinajstić information content (AvgIpc) is 3.73. The number of carbonyl (C=O) groups excluding carboxylic acids is 2. The molecule has 4 aliphatic rings. The number of esters is 2. The number of rotatable bonds is 18. The topological polar surface area (TPSA) is 124 Å². The number of unbranched alkanes of at least 4 members (excludes halogenated alkanes) is 7. The first-order valence-electron chi connectivity index (χ1n) is 18.3. The quantitative estimate of drug-likeness (QED) is 0.140. The van der Waals surface area contributed by atoms with Gasteiger partial charge in [0.2, 0.25) is 6.79 Å². The van der Waals surface area contributed by atoms with E-state index in [1.54, 1.807) is 21.0 Å². The standard InChI is InChI=1S/C38H57NO9/c1-5-6-7-8-9-10-11-12-21-45-32(40)25-38(43,18-13-16-36(2,3)42)35(41)48-34-31(44-4)24-37-17-14-19-39(37)20-15-27-22-29-30(47-26-46-29)23-28(27)33(34)37/h22-24,33-34,42-43H,5-21,25-26H2,1-4H3/t33-,34?,37?,38-/m1/s1. The Balaban J connectivity index is 1.32. The van der Waals surface area contributed by atoms with Gasteiger partial charge in [-0.25, -0.2) is 4.79 Å². The number of ether oxygens (including phenoxy) is 5. The molecule has 0 radical (unpaired) electrons. The van der Waals surface area contributed by atoms with Crippen LogP contribution in [0.5, 0.6) is 11.5 Å². The van der Waals surface area contributed by atoms with Gasteiger partial charge in [-0.15, -0.1) is 0 Å². The van der Waals surface area contributed by atoms with Crippen LogP contribution in [0.4, 0.5) is 0 Å². The first-order valence-corrected chi connectivity index (χ1v) is 18.3. The van der Waals surface area contributed by atoms with Crippen LogP contribution in [0.25, 0.3) is 0 Å². The molecule has 1 aromatic rings. The smallest absolute Gasteiger partial charge is 0.339 e. The molecule has 268 valence electrons. The number of carbonyl (C=O) groups is 2. The summed E-state index contributed by atoms with van der Waals surface area (Å²) in [5, 5.41) is 22.2. The molecule has 48 heavy (non-hydrogen) atoms. The van der Waals surface area contributed by atoms with Crippen LogP contribution < -0.4 is 9.47 Å². The van der Waals surface area contributed by atoms with Crippen molar-refractivity contribution in [3.05, 3.63) is 35.1 Å². The van der Waals surface area contributed by atoms with Crippen molar-refractivity contribution in [2.75, 3.05) is 33.6 Å². The number of fused-ring (bicyclic) bond motifs is 3. The van der Waals surface area contributed by atoms with Gasteiger partial charge in [-0.1, -0.05) is 51.9 Å². The van der Waals surface area contributed by atoms with Crippen LogP contribution in [0.1, 0.15) is 128 Å². The number of hydrogen-bond acceptors (Lipinski definition) is 10. The molecule has 4 atom stereocenters. The van der Waals surface area contributed by atoms with E-state index in [4.69, 9.17) is 23.7 Å². The van der Waals surface area contributed by atoms with E-state index >= 15 is 0 Å². The summed E-state index contributed by atoms with van der Waals surface area (Å²) in [7, 11) is 1.58. The van der Waals surface area contributed by atoms with E-state index in [1.807, 2.05) is 12.1 Å². The fourth-order valence-corrected chi connectivity index (χ4v) is 8.11. The van der Waals surface area contributed by atoms with E-state index < -0.39 is 41.2 Å². The lowest BCUT2D eigenvalue weighted by molar-refractivity contribution is -0.179. The summed E-state index contributed by atoms with van der Waals surface area (Å²) in [6, 6.07) is 4.05. The Kier molecular flexibility index (Phi) is 12.0. The van der Waals surface area contributed by atoms with Crippen LogP contribution in [-0.4, -0.2) is 83.5 Å². The van der Waals surface area contributed by atoms with Crippen molar-refractivity contribution >= 4 is 11.9 Å². The van der Waals surface area contributed by atoms with Crippen molar-refractivity contribution in [1.29, 1.82) is 0 Å². The molecule has 0 aromatic heterocycles. The Bertz CT molecular complexity index is 1310. The molecule has 2 unspecified atom stereocenters. The van der Waals surface area contributed by atoms with E-state index in [-0.39, 0.29) is 25.7 Å². The third-order valence-corrected chi connectivity index (χ3v) is 10.7. The number of hydrogen-bond donors (Lipinski definition) is 2. The van der Waals surface area contributed by atoms with Crippen molar-refractivity contribution < 1.29 is 43.5 Å². The van der Waals surface area contributed by atoms with Gasteiger partial charge >= 0.3 is 11.9 Å². The molecular formula is C38H57NO9. The van der Waals surface area contributed by atoms with Gasteiger partial charge in [-0.3, -0.25) is 9.69 Å². The van der Waals surface area contributed by atoms with Gasteiger partial charge in [-0.05, 0) is 94.7 Å². The maximum Gasteiger partial charge on any atom is 0.339 e. The second-order valence-corrected chi connectivity index (χ2v) is 14.9. The highest BCUT2D eigenvalue weighted by molar-refractivity contribution is 5.86. The lowest BCUT2D eigenvalue weighted by Crippen LogP contribution is -2.49. The van der Waals surface area contributed by atoms with Gasteiger partial charge in [0.1, 0.15) is 5.76 Å². The van der Waals surface area contributed by atoms with E-state index in [1.165, 1.54) is 32.1 Å². The summed E-state index contributed by atoms with van der Waals surface area (Å²) in [5.41, 5.74) is -1.43. The molecule has 1 saturated heterocycles. The summed E-state index contributed by atoms with van der Waals surface area (Å²) in [5.74, 6) is 0.0721. The molecule has 0 bridgehead atoms. The molecule has 5 rings (SSSR count). The van der Waals surface area contributed by atoms with Crippen molar-refractivity contribution in [3.8, 4) is 11.5 Å². The maximum atomic E-state index is 14.2. The van der Waals surface area contributed by atoms with E-state index in [9.17, 15) is 19.8 Å². The lowest BCUT2D eigenvalue weighted by Gasteiger charge is -2.39. The number of benzene rings is 1. The average molecular weight is 672 g/mol. The van der Waals surface area contributed by atoms with Crippen LogP contribution in [0.15, 0.2) is 24.0 Å². The third kappa shape index (κ3) is 8.30. The molecule has 2 N–H and O–H groups in total. The highest BCUT2D eigenvalue weighted by Crippen LogP contribution is 2.55. The van der Waals surface area contributed by atoms with E-state index in [2.05, 4.69) is 17.9 Å². The van der Waals surface area contributed by atoms with Gasteiger partial charge in [0.15, 0.2) is 23.2 Å². The first-order chi connectivity index (χ1) is 23.0. The molecule has 10 heteroatoms. The minimum Gasteiger partial charge on any atom is -0.497 e. The van der Waals surface area contributed by atoms with Crippen LogP contribution >= 0.6 is 0 Å². The first kappa shape index (κ1) is 36.5. The lowest BCUT2D eigenvalue weighted by atomic mass is 9.77. The highest BCUT2D eigenvalue weighted by atomic mass is 16.7. The minimum atomic E-state index is -2.13. The van der Waals surface area contributed by atoms with E-state index in [0.29, 0.717) is 30.1 Å². The van der Waals surface area contributed by atoms with Crippen LogP contribution in [-0.2, 0) is 30.2 Å². The normalized spacial score (nSPS) is 24.2. The molecule has 10 nitrogen and oxygen atoms in total. The number of methoxy groups -OCH3 is 1. The van der Waals surface area contributed by atoms with Gasteiger partial charge in [0, 0.05) is 6.54 Å². The van der Waals surface area contributed by atoms with Crippen molar-refractivity contribution in [1.82, 2.24) is 4.90 Å². The van der Waals surface area contributed by atoms with Crippen LogP contribution in [0.3, 0.4) is 0 Å². The molecular weight excluding hydrogens is 614 g/mol. The zero-order valence-corrected chi connectivity index (χ0v) is 29.5. The zero-order chi connectivity index (χ0) is 34.4. The predicted octanol–water partition coefficient (Wildman–Crippen LogP) is 6.09. The second-order valence-electron chi connectivity index (χ2n) is 14.9. The third-order valence-electron chi connectivity index (χ3n) is 10.7. The summed E-state index contributed by atoms with van der Waals surface area (Å²) in [4.78, 5) is 29.7. The Labute approximate surface area is 286 Å². The van der Waals surface area contributed by atoms with Gasteiger partial charge in [0.25, 0.3) is 0 Å². The molecule has 1 aromatic carbocycles. The molecule has 3 heterocycles. The Morgan fingerprint density at radius 2 is 1.69 bits per heavy atom.